The molecule has 3 rings (SSSR count). The third-order valence-electron chi connectivity index (χ3n) is 4.18. The molecule has 0 aliphatic heterocycles. The van der Waals surface area contributed by atoms with Crippen molar-refractivity contribution in [2.45, 2.75) is 32.1 Å². The zero-order chi connectivity index (χ0) is 14.1. The average molecular weight is 285 g/mol. The second kappa shape index (κ2) is 5.41. The van der Waals surface area contributed by atoms with Crippen molar-refractivity contribution in [3.63, 3.8) is 0 Å². The summed E-state index contributed by atoms with van der Waals surface area (Å²) in [6.45, 7) is 1.93. The Labute approximate surface area is 124 Å². The molecule has 0 atom stereocenters. The lowest BCUT2D eigenvalue weighted by Crippen LogP contribution is -2.09. The summed E-state index contributed by atoms with van der Waals surface area (Å²) in [6, 6.07) is 13.5. The molecule has 0 radical (unpaired) electrons. The molecule has 2 heteroatoms. The highest BCUT2D eigenvalue weighted by Gasteiger charge is 2.19. The van der Waals surface area contributed by atoms with Gasteiger partial charge < -0.3 is 0 Å². The van der Waals surface area contributed by atoms with Crippen molar-refractivity contribution in [2.24, 2.45) is 0 Å². The highest BCUT2D eigenvalue weighted by Crippen LogP contribution is 2.36. The molecule has 1 nitrogen and oxygen atoms in total. The SMILES string of the molecule is Cc1ccc(C(=O)c2ccc(C3CCC3)cc2)cc1Cl. The minimum atomic E-state index is 0.0343. The van der Waals surface area contributed by atoms with Crippen LogP contribution in [-0.4, -0.2) is 5.78 Å². The van der Waals surface area contributed by atoms with Gasteiger partial charge in [0.1, 0.15) is 0 Å². The first-order valence-electron chi connectivity index (χ1n) is 7.06. The largest absolute Gasteiger partial charge is 0.289 e. The zero-order valence-corrected chi connectivity index (χ0v) is 12.3. The van der Waals surface area contributed by atoms with Gasteiger partial charge in [-0.2, -0.15) is 0 Å². The molecular weight excluding hydrogens is 268 g/mol. The summed E-state index contributed by atoms with van der Waals surface area (Å²) in [5.41, 5.74) is 3.73. The number of carbonyl (C=O) groups is 1. The predicted molar refractivity (Wildman–Crippen MR) is 82.7 cm³/mol. The van der Waals surface area contributed by atoms with Crippen LogP contribution in [0.4, 0.5) is 0 Å². The molecule has 1 aliphatic carbocycles. The Morgan fingerprint density at radius 1 is 1.05 bits per heavy atom. The van der Waals surface area contributed by atoms with Crippen LogP contribution in [-0.2, 0) is 0 Å². The van der Waals surface area contributed by atoms with Crippen LogP contribution < -0.4 is 0 Å². The van der Waals surface area contributed by atoms with Crippen LogP contribution in [0.5, 0.6) is 0 Å². The molecular formula is C18H17ClO. The Bertz CT molecular complexity index is 639. The number of halogens is 1. The Hall–Kier alpha value is -1.60. The second-order valence-corrected chi connectivity index (χ2v) is 5.95. The van der Waals surface area contributed by atoms with Gasteiger partial charge >= 0.3 is 0 Å². The van der Waals surface area contributed by atoms with Gasteiger partial charge in [-0.1, -0.05) is 54.4 Å². The number of benzene rings is 2. The highest BCUT2D eigenvalue weighted by molar-refractivity contribution is 6.31. The van der Waals surface area contributed by atoms with E-state index in [0.29, 0.717) is 16.5 Å². The molecule has 1 fully saturated rings. The van der Waals surface area contributed by atoms with E-state index in [1.54, 1.807) is 6.07 Å². The van der Waals surface area contributed by atoms with Crippen molar-refractivity contribution in [3.8, 4) is 0 Å². The molecule has 20 heavy (non-hydrogen) atoms. The third-order valence-corrected chi connectivity index (χ3v) is 4.59. The number of carbonyl (C=O) groups excluding carboxylic acids is 1. The van der Waals surface area contributed by atoms with E-state index >= 15 is 0 Å². The molecule has 2 aromatic carbocycles. The van der Waals surface area contributed by atoms with Crippen LogP contribution in [0, 0.1) is 6.92 Å². The van der Waals surface area contributed by atoms with Crippen LogP contribution >= 0.6 is 11.6 Å². The van der Waals surface area contributed by atoms with E-state index in [0.717, 1.165) is 11.1 Å². The Balaban J connectivity index is 1.84. The topological polar surface area (TPSA) is 17.1 Å². The summed E-state index contributed by atoms with van der Waals surface area (Å²) in [7, 11) is 0. The van der Waals surface area contributed by atoms with E-state index in [-0.39, 0.29) is 5.78 Å². The van der Waals surface area contributed by atoms with Crippen molar-refractivity contribution < 1.29 is 4.79 Å². The summed E-state index contributed by atoms with van der Waals surface area (Å²) in [5.74, 6) is 0.736. The molecule has 2 aromatic rings. The first kappa shape index (κ1) is 13.4. The number of ketones is 1. The summed E-state index contributed by atoms with van der Waals surface area (Å²) < 4.78 is 0. The molecule has 0 bridgehead atoms. The average Bonchev–Trinajstić information content (AvgIpc) is 2.40. The van der Waals surface area contributed by atoms with Gasteiger partial charge in [-0.3, -0.25) is 4.79 Å². The summed E-state index contributed by atoms with van der Waals surface area (Å²) >= 11 is 6.09. The minimum Gasteiger partial charge on any atom is -0.289 e. The van der Waals surface area contributed by atoms with Crippen LogP contribution in [0.1, 0.15) is 52.2 Å². The Morgan fingerprint density at radius 3 is 2.25 bits per heavy atom. The van der Waals surface area contributed by atoms with Crippen LogP contribution in [0.25, 0.3) is 0 Å². The van der Waals surface area contributed by atoms with Gasteiger partial charge in [0.05, 0.1) is 0 Å². The number of rotatable bonds is 3. The number of hydrogen-bond donors (Lipinski definition) is 0. The van der Waals surface area contributed by atoms with Gasteiger partial charge in [0.2, 0.25) is 0 Å². The quantitative estimate of drug-likeness (QED) is 0.713. The van der Waals surface area contributed by atoms with Crippen molar-refractivity contribution >= 4 is 17.4 Å². The zero-order valence-electron chi connectivity index (χ0n) is 11.5. The molecule has 0 saturated heterocycles. The maximum absolute atomic E-state index is 12.4. The van der Waals surface area contributed by atoms with Crippen molar-refractivity contribution in [2.75, 3.05) is 0 Å². The fourth-order valence-electron chi connectivity index (χ4n) is 2.55. The molecule has 0 unspecified atom stereocenters. The van der Waals surface area contributed by atoms with E-state index < -0.39 is 0 Å². The van der Waals surface area contributed by atoms with Gasteiger partial charge in [0, 0.05) is 16.1 Å². The van der Waals surface area contributed by atoms with E-state index in [1.807, 2.05) is 31.2 Å². The third kappa shape index (κ3) is 2.51. The fourth-order valence-corrected chi connectivity index (χ4v) is 2.73. The highest BCUT2D eigenvalue weighted by atomic mass is 35.5. The summed E-state index contributed by atoms with van der Waals surface area (Å²) in [5, 5.41) is 0.641. The van der Waals surface area contributed by atoms with Crippen LogP contribution in [0.2, 0.25) is 5.02 Å². The van der Waals surface area contributed by atoms with Crippen LogP contribution in [0.15, 0.2) is 42.5 Å². The van der Waals surface area contributed by atoms with Crippen molar-refractivity contribution in [1.29, 1.82) is 0 Å². The van der Waals surface area contributed by atoms with Gasteiger partial charge in [-0.15, -0.1) is 0 Å². The summed E-state index contributed by atoms with van der Waals surface area (Å²) in [6.07, 6.45) is 3.88. The second-order valence-electron chi connectivity index (χ2n) is 5.54. The maximum Gasteiger partial charge on any atom is 0.193 e. The molecule has 102 valence electrons. The van der Waals surface area contributed by atoms with E-state index in [4.69, 9.17) is 11.6 Å². The lowest BCUT2D eigenvalue weighted by Gasteiger charge is -2.25. The Morgan fingerprint density at radius 2 is 1.70 bits per heavy atom. The molecule has 0 spiro atoms. The lowest BCUT2D eigenvalue weighted by molar-refractivity contribution is 0.103. The van der Waals surface area contributed by atoms with Gasteiger partial charge in [-0.05, 0) is 42.9 Å². The predicted octanol–water partition coefficient (Wildman–Crippen LogP) is 5.15. The lowest BCUT2D eigenvalue weighted by atomic mass is 9.80. The fraction of sp³-hybridized carbons (Fsp3) is 0.278. The molecule has 0 amide bonds. The normalized spacial score (nSPS) is 14.9. The van der Waals surface area contributed by atoms with E-state index in [9.17, 15) is 4.79 Å². The minimum absolute atomic E-state index is 0.0343. The molecule has 1 saturated carbocycles. The molecule has 0 aromatic heterocycles. The first-order valence-corrected chi connectivity index (χ1v) is 7.44. The van der Waals surface area contributed by atoms with Gasteiger partial charge in [0.25, 0.3) is 0 Å². The van der Waals surface area contributed by atoms with Crippen LogP contribution in [0.3, 0.4) is 0 Å². The number of hydrogen-bond acceptors (Lipinski definition) is 1. The van der Waals surface area contributed by atoms with Gasteiger partial charge in [-0.25, -0.2) is 0 Å². The smallest absolute Gasteiger partial charge is 0.193 e. The van der Waals surface area contributed by atoms with E-state index in [2.05, 4.69) is 12.1 Å². The molecule has 1 aliphatic rings. The van der Waals surface area contributed by atoms with Gasteiger partial charge in [0.15, 0.2) is 5.78 Å². The van der Waals surface area contributed by atoms with Crippen molar-refractivity contribution in [3.05, 3.63) is 69.7 Å². The monoisotopic (exact) mass is 284 g/mol. The molecule has 0 N–H and O–H groups in total. The summed E-state index contributed by atoms with van der Waals surface area (Å²) in [4.78, 5) is 12.4. The number of aryl methyl sites for hydroxylation is 1. The Kier molecular flexibility index (Phi) is 3.62. The first-order chi connectivity index (χ1) is 9.65. The van der Waals surface area contributed by atoms with Crippen molar-refractivity contribution in [1.82, 2.24) is 0 Å². The maximum atomic E-state index is 12.4. The molecule has 0 heterocycles. The standard InChI is InChI=1S/C18H17ClO/c1-12-5-6-16(11-17(12)19)18(20)15-9-7-14(8-10-15)13-3-2-4-13/h5-11,13H,2-4H2,1H3. The van der Waals surface area contributed by atoms with E-state index in [1.165, 1.54) is 24.8 Å².